The lowest BCUT2D eigenvalue weighted by Crippen LogP contribution is -2.27. The van der Waals surface area contributed by atoms with E-state index in [9.17, 15) is 14.0 Å². The minimum absolute atomic E-state index is 0.153. The lowest BCUT2D eigenvalue weighted by atomic mass is 9.92. The smallest absolute Gasteiger partial charge is 0.255 e. The molecule has 45 heavy (non-hydrogen) atoms. The first-order valence-electron chi connectivity index (χ1n) is 15.0. The molecule has 224 valence electrons. The van der Waals surface area contributed by atoms with Gasteiger partial charge in [0.1, 0.15) is 17.2 Å². The Kier molecular flexibility index (Phi) is 8.30. The summed E-state index contributed by atoms with van der Waals surface area (Å²) in [5.41, 5.74) is 7.62. The third kappa shape index (κ3) is 6.13. The predicted molar refractivity (Wildman–Crippen MR) is 178 cm³/mol. The Hall–Kier alpha value is -5.49. The van der Waals surface area contributed by atoms with Crippen molar-refractivity contribution in [3.05, 3.63) is 132 Å². The molecule has 0 radical (unpaired) electrons. The molecule has 5 nitrogen and oxygen atoms in total. The number of rotatable bonds is 8. The van der Waals surface area contributed by atoms with E-state index in [1.54, 1.807) is 19.2 Å². The van der Waals surface area contributed by atoms with Gasteiger partial charge in [0.2, 0.25) is 0 Å². The average Bonchev–Trinajstić information content (AvgIpc) is 3.46. The van der Waals surface area contributed by atoms with Gasteiger partial charge >= 0.3 is 0 Å². The van der Waals surface area contributed by atoms with E-state index in [1.165, 1.54) is 12.1 Å². The highest BCUT2D eigenvalue weighted by Crippen LogP contribution is 2.37. The molecule has 2 N–H and O–H groups in total. The van der Waals surface area contributed by atoms with Gasteiger partial charge < -0.3 is 15.1 Å². The van der Waals surface area contributed by atoms with E-state index in [-0.39, 0.29) is 17.6 Å². The standard InChI is InChI=1S/C39H33FN2O3/c1-24(2)23-42-38(43)33-21-28(14-18-32(33)30-11-7-10-27(20-30)25-8-5-4-6-9-25)29-15-19-35-34(22-29)36(39(44)41-3)37(45-35)26-12-16-31(40)17-13-26/h4-22,24H,23H2,1-3H3,(H,41,44)(H,42,43). The zero-order valence-corrected chi connectivity index (χ0v) is 25.4. The van der Waals surface area contributed by atoms with Crippen LogP contribution in [0.25, 0.3) is 55.7 Å². The van der Waals surface area contributed by atoms with Gasteiger partial charge in [-0.25, -0.2) is 4.39 Å². The maximum atomic E-state index is 13.7. The van der Waals surface area contributed by atoms with Crippen LogP contribution in [-0.2, 0) is 0 Å². The van der Waals surface area contributed by atoms with Gasteiger partial charge in [-0.2, -0.15) is 0 Å². The van der Waals surface area contributed by atoms with E-state index in [1.807, 2.05) is 66.7 Å². The second kappa shape index (κ2) is 12.6. The Morgan fingerprint density at radius 2 is 1.33 bits per heavy atom. The first-order valence-corrected chi connectivity index (χ1v) is 15.0. The molecule has 0 atom stereocenters. The molecule has 0 aliphatic carbocycles. The van der Waals surface area contributed by atoms with Crippen LogP contribution in [0, 0.1) is 11.7 Å². The third-order valence-electron chi connectivity index (χ3n) is 7.80. The van der Waals surface area contributed by atoms with Gasteiger partial charge in [-0.15, -0.1) is 0 Å². The van der Waals surface area contributed by atoms with Gasteiger partial charge in [0.05, 0.1) is 5.56 Å². The summed E-state index contributed by atoms with van der Waals surface area (Å²) in [5.74, 6) is -0.178. The number of nitrogens with one attached hydrogen (secondary N) is 2. The van der Waals surface area contributed by atoms with Gasteiger partial charge in [0, 0.05) is 30.1 Å². The summed E-state index contributed by atoms with van der Waals surface area (Å²) < 4.78 is 19.8. The lowest BCUT2D eigenvalue weighted by Gasteiger charge is -2.15. The summed E-state index contributed by atoms with van der Waals surface area (Å²) in [6.07, 6.45) is 0. The largest absolute Gasteiger partial charge is 0.455 e. The molecular formula is C39H33FN2O3. The van der Waals surface area contributed by atoms with E-state index in [0.29, 0.717) is 45.9 Å². The SMILES string of the molecule is CNC(=O)c1c(-c2ccc(F)cc2)oc2ccc(-c3ccc(-c4cccc(-c5ccccc5)c4)c(C(=O)NCC(C)C)c3)cc12. The number of hydrogen-bond acceptors (Lipinski definition) is 3. The number of carbonyl (C=O) groups excluding carboxylic acids is 2. The van der Waals surface area contributed by atoms with Crippen LogP contribution in [-0.4, -0.2) is 25.4 Å². The fourth-order valence-corrected chi connectivity index (χ4v) is 5.48. The van der Waals surface area contributed by atoms with E-state index < -0.39 is 0 Å². The quantitative estimate of drug-likeness (QED) is 0.184. The number of furan rings is 1. The number of carbonyl (C=O) groups is 2. The molecule has 0 spiro atoms. The third-order valence-corrected chi connectivity index (χ3v) is 7.80. The molecule has 6 heteroatoms. The van der Waals surface area contributed by atoms with Crippen LogP contribution in [0.1, 0.15) is 34.6 Å². The van der Waals surface area contributed by atoms with Gasteiger partial charge in [-0.05, 0) is 87.8 Å². The molecule has 0 saturated heterocycles. The summed E-state index contributed by atoms with van der Waals surface area (Å²) in [4.78, 5) is 26.8. The van der Waals surface area contributed by atoms with Gasteiger partial charge in [-0.1, -0.05) is 80.6 Å². The Morgan fingerprint density at radius 3 is 2.07 bits per heavy atom. The topological polar surface area (TPSA) is 71.3 Å². The van der Waals surface area contributed by atoms with E-state index in [0.717, 1.165) is 33.4 Å². The van der Waals surface area contributed by atoms with Crippen molar-refractivity contribution in [2.24, 2.45) is 5.92 Å². The van der Waals surface area contributed by atoms with Crippen LogP contribution in [0.2, 0.25) is 0 Å². The zero-order valence-electron chi connectivity index (χ0n) is 25.4. The molecule has 0 fully saturated rings. The maximum absolute atomic E-state index is 13.7. The minimum Gasteiger partial charge on any atom is -0.455 e. The monoisotopic (exact) mass is 596 g/mol. The molecule has 2 amide bonds. The van der Waals surface area contributed by atoms with E-state index >= 15 is 0 Å². The highest BCUT2D eigenvalue weighted by atomic mass is 19.1. The normalized spacial score (nSPS) is 11.1. The first-order chi connectivity index (χ1) is 21.8. The van der Waals surface area contributed by atoms with Crippen molar-refractivity contribution in [1.29, 1.82) is 0 Å². The highest BCUT2D eigenvalue weighted by Gasteiger charge is 2.23. The Labute approximate surface area is 261 Å². The van der Waals surface area contributed by atoms with Crippen molar-refractivity contribution in [2.45, 2.75) is 13.8 Å². The van der Waals surface area contributed by atoms with Crippen molar-refractivity contribution < 1.29 is 18.4 Å². The summed E-state index contributed by atoms with van der Waals surface area (Å²) in [7, 11) is 1.56. The summed E-state index contributed by atoms with van der Waals surface area (Å²) in [5, 5.41) is 6.41. The van der Waals surface area contributed by atoms with Crippen molar-refractivity contribution in [1.82, 2.24) is 10.6 Å². The average molecular weight is 597 g/mol. The molecule has 0 bridgehead atoms. The Bertz CT molecular complexity index is 2010. The summed E-state index contributed by atoms with van der Waals surface area (Å²) >= 11 is 0. The molecule has 6 aromatic rings. The molecule has 0 unspecified atom stereocenters. The second-order valence-electron chi connectivity index (χ2n) is 11.4. The van der Waals surface area contributed by atoms with Crippen molar-refractivity contribution >= 4 is 22.8 Å². The fourth-order valence-electron chi connectivity index (χ4n) is 5.48. The van der Waals surface area contributed by atoms with Crippen LogP contribution in [0.3, 0.4) is 0 Å². The number of amides is 2. The van der Waals surface area contributed by atoms with Crippen molar-refractivity contribution in [2.75, 3.05) is 13.6 Å². The molecule has 5 aromatic carbocycles. The van der Waals surface area contributed by atoms with Gasteiger partial charge in [0.15, 0.2) is 0 Å². The molecular weight excluding hydrogens is 563 g/mol. The Balaban J connectivity index is 1.47. The van der Waals surface area contributed by atoms with Gasteiger partial charge in [-0.3, -0.25) is 9.59 Å². The first kappa shape index (κ1) is 29.6. The molecule has 0 aliphatic rings. The van der Waals surface area contributed by atoms with Crippen LogP contribution in [0.15, 0.2) is 120 Å². The van der Waals surface area contributed by atoms with E-state index in [4.69, 9.17) is 4.42 Å². The highest BCUT2D eigenvalue weighted by molar-refractivity contribution is 6.12. The number of hydrogen-bond donors (Lipinski definition) is 2. The number of benzene rings is 5. The predicted octanol–water partition coefficient (Wildman–Crippen LogP) is 8.99. The molecule has 1 heterocycles. The number of halogens is 1. The van der Waals surface area contributed by atoms with Crippen LogP contribution in [0.4, 0.5) is 4.39 Å². The molecule has 1 aromatic heterocycles. The minimum atomic E-state index is -0.373. The van der Waals surface area contributed by atoms with Crippen molar-refractivity contribution in [3.8, 4) is 44.7 Å². The summed E-state index contributed by atoms with van der Waals surface area (Å²) in [6, 6.07) is 35.7. The van der Waals surface area contributed by atoms with Crippen LogP contribution >= 0.6 is 0 Å². The lowest BCUT2D eigenvalue weighted by molar-refractivity contribution is 0.0946. The van der Waals surface area contributed by atoms with E-state index in [2.05, 4.69) is 48.7 Å². The molecule has 0 saturated carbocycles. The van der Waals surface area contributed by atoms with Crippen LogP contribution < -0.4 is 10.6 Å². The molecule has 6 rings (SSSR count). The van der Waals surface area contributed by atoms with Crippen LogP contribution in [0.5, 0.6) is 0 Å². The fraction of sp³-hybridized carbons (Fsp3) is 0.128. The zero-order chi connectivity index (χ0) is 31.5. The van der Waals surface area contributed by atoms with Crippen molar-refractivity contribution in [3.63, 3.8) is 0 Å². The van der Waals surface area contributed by atoms with Gasteiger partial charge in [0.25, 0.3) is 11.8 Å². The second-order valence-corrected chi connectivity index (χ2v) is 11.4. The summed E-state index contributed by atoms with van der Waals surface area (Å²) in [6.45, 7) is 4.67. The Morgan fingerprint density at radius 1 is 0.689 bits per heavy atom. The number of fused-ring (bicyclic) bond motifs is 1. The molecule has 0 aliphatic heterocycles. The maximum Gasteiger partial charge on any atom is 0.255 e.